The average Bonchev–Trinajstić information content (AvgIpc) is 2.04. The fourth-order valence-corrected chi connectivity index (χ4v) is 0.776. The lowest BCUT2D eigenvalue weighted by molar-refractivity contribution is -0.168. The predicted octanol–water partition coefficient (Wildman–Crippen LogP) is 1.00. The molecule has 0 amide bonds. The second-order valence-corrected chi connectivity index (χ2v) is 2.80. The molecule has 0 saturated heterocycles. The summed E-state index contributed by atoms with van der Waals surface area (Å²) < 4.78 is 16.5. The van der Waals surface area contributed by atoms with E-state index in [1.807, 2.05) is 0 Å². The molecule has 0 aliphatic heterocycles. The quantitative estimate of drug-likeness (QED) is 0.521. The molecule has 0 aromatic heterocycles. The van der Waals surface area contributed by atoms with E-state index < -0.39 is 24.0 Å². The third-order valence-corrected chi connectivity index (χ3v) is 1.79. The summed E-state index contributed by atoms with van der Waals surface area (Å²) in [6, 6.07) is 0. The van der Waals surface area contributed by atoms with Crippen LogP contribution in [0, 0.1) is 5.41 Å². The molecule has 1 N–H and O–H groups in total. The summed E-state index contributed by atoms with van der Waals surface area (Å²) in [5, 5.41) is 8.69. The van der Waals surface area contributed by atoms with Crippen LogP contribution < -0.4 is 0 Å². The zero-order chi connectivity index (χ0) is 10.5. The standard InChI is InChI=1S/C8H13FO4/c1-3-13-7(12)8(2,4-5-9)6(10)11/h3-5H2,1-2H3,(H,10,11). The van der Waals surface area contributed by atoms with Gasteiger partial charge in [0, 0.05) is 6.42 Å². The highest BCUT2D eigenvalue weighted by Gasteiger charge is 2.42. The number of rotatable bonds is 5. The molecule has 76 valence electrons. The minimum absolute atomic E-state index is 0.0913. The summed E-state index contributed by atoms with van der Waals surface area (Å²) in [6.45, 7) is 1.96. The second kappa shape index (κ2) is 4.79. The van der Waals surface area contributed by atoms with Crippen LogP contribution in [0.2, 0.25) is 0 Å². The Labute approximate surface area is 75.7 Å². The van der Waals surface area contributed by atoms with E-state index in [1.54, 1.807) is 6.92 Å². The first kappa shape index (κ1) is 11.9. The number of esters is 1. The van der Waals surface area contributed by atoms with Crippen LogP contribution in [-0.4, -0.2) is 30.3 Å². The molecule has 0 aliphatic carbocycles. The Morgan fingerprint density at radius 3 is 2.38 bits per heavy atom. The van der Waals surface area contributed by atoms with Crippen molar-refractivity contribution in [1.82, 2.24) is 0 Å². The fourth-order valence-electron chi connectivity index (χ4n) is 0.776. The van der Waals surface area contributed by atoms with Crippen molar-refractivity contribution in [3.8, 4) is 0 Å². The van der Waals surface area contributed by atoms with Gasteiger partial charge in [-0.2, -0.15) is 0 Å². The number of ether oxygens (including phenoxy) is 1. The normalized spacial score (nSPS) is 14.7. The molecule has 1 unspecified atom stereocenters. The highest BCUT2D eigenvalue weighted by atomic mass is 19.1. The molecule has 13 heavy (non-hydrogen) atoms. The molecule has 0 aromatic carbocycles. The van der Waals surface area contributed by atoms with Gasteiger partial charge in [0.1, 0.15) is 0 Å². The fraction of sp³-hybridized carbons (Fsp3) is 0.750. The second-order valence-electron chi connectivity index (χ2n) is 2.80. The van der Waals surface area contributed by atoms with E-state index in [-0.39, 0.29) is 13.0 Å². The van der Waals surface area contributed by atoms with Crippen LogP contribution in [0.3, 0.4) is 0 Å². The van der Waals surface area contributed by atoms with Gasteiger partial charge in [0.05, 0.1) is 13.3 Å². The average molecular weight is 192 g/mol. The van der Waals surface area contributed by atoms with E-state index >= 15 is 0 Å². The van der Waals surface area contributed by atoms with Gasteiger partial charge in [-0.15, -0.1) is 0 Å². The van der Waals surface area contributed by atoms with E-state index in [0.29, 0.717) is 0 Å². The van der Waals surface area contributed by atoms with Crippen LogP contribution in [0.25, 0.3) is 0 Å². The Bertz CT molecular complexity index is 204. The first-order valence-corrected chi connectivity index (χ1v) is 3.95. The summed E-state index contributed by atoms with van der Waals surface area (Å²) >= 11 is 0. The van der Waals surface area contributed by atoms with Crippen molar-refractivity contribution in [1.29, 1.82) is 0 Å². The number of carbonyl (C=O) groups is 2. The molecule has 1 atom stereocenters. The van der Waals surface area contributed by atoms with Crippen LogP contribution in [-0.2, 0) is 14.3 Å². The van der Waals surface area contributed by atoms with Gasteiger partial charge in [0.2, 0.25) is 0 Å². The van der Waals surface area contributed by atoms with Crippen LogP contribution >= 0.6 is 0 Å². The van der Waals surface area contributed by atoms with E-state index in [2.05, 4.69) is 4.74 Å². The largest absolute Gasteiger partial charge is 0.480 e. The van der Waals surface area contributed by atoms with Crippen molar-refractivity contribution in [2.75, 3.05) is 13.3 Å². The molecular weight excluding hydrogens is 179 g/mol. The molecule has 0 aromatic rings. The first-order chi connectivity index (χ1) is 5.99. The Kier molecular flexibility index (Phi) is 4.37. The number of halogens is 1. The van der Waals surface area contributed by atoms with Crippen molar-refractivity contribution >= 4 is 11.9 Å². The highest BCUT2D eigenvalue weighted by Crippen LogP contribution is 2.23. The summed E-state index contributed by atoms with van der Waals surface area (Å²) in [7, 11) is 0. The SMILES string of the molecule is CCOC(=O)C(C)(CCF)C(=O)O. The molecule has 0 fully saturated rings. The highest BCUT2D eigenvalue weighted by molar-refractivity contribution is 5.98. The minimum atomic E-state index is -1.76. The lowest BCUT2D eigenvalue weighted by atomic mass is 9.87. The van der Waals surface area contributed by atoms with E-state index in [4.69, 9.17) is 5.11 Å². The molecule has 5 heteroatoms. The summed E-state index contributed by atoms with van der Waals surface area (Å²) in [4.78, 5) is 21.8. The molecule has 0 heterocycles. The Balaban J connectivity index is 4.57. The van der Waals surface area contributed by atoms with E-state index in [1.165, 1.54) is 0 Å². The Morgan fingerprint density at radius 2 is 2.08 bits per heavy atom. The third kappa shape index (κ3) is 2.68. The minimum Gasteiger partial charge on any atom is -0.480 e. The number of hydrogen-bond acceptors (Lipinski definition) is 3. The molecular formula is C8H13FO4. The zero-order valence-electron chi connectivity index (χ0n) is 7.67. The van der Waals surface area contributed by atoms with Crippen LogP contribution in [0.4, 0.5) is 4.39 Å². The van der Waals surface area contributed by atoms with Crippen molar-refractivity contribution in [3.63, 3.8) is 0 Å². The van der Waals surface area contributed by atoms with Gasteiger partial charge in [0.15, 0.2) is 5.41 Å². The predicted molar refractivity (Wildman–Crippen MR) is 43.0 cm³/mol. The van der Waals surface area contributed by atoms with Gasteiger partial charge in [-0.1, -0.05) is 0 Å². The van der Waals surface area contributed by atoms with E-state index in [0.717, 1.165) is 6.92 Å². The van der Waals surface area contributed by atoms with Crippen molar-refractivity contribution < 1.29 is 23.8 Å². The van der Waals surface area contributed by atoms with Gasteiger partial charge in [-0.25, -0.2) is 0 Å². The first-order valence-electron chi connectivity index (χ1n) is 3.95. The number of carbonyl (C=O) groups excluding carboxylic acids is 1. The van der Waals surface area contributed by atoms with Gasteiger partial charge >= 0.3 is 11.9 Å². The lowest BCUT2D eigenvalue weighted by Crippen LogP contribution is -2.38. The van der Waals surface area contributed by atoms with Gasteiger partial charge in [-0.05, 0) is 13.8 Å². The molecule has 0 aliphatic rings. The molecule has 0 bridgehead atoms. The summed E-state index contributed by atoms with van der Waals surface area (Å²) in [5.74, 6) is -2.25. The number of hydrogen-bond donors (Lipinski definition) is 1. The lowest BCUT2D eigenvalue weighted by Gasteiger charge is -2.20. The maximum Gasteiger partial charge on any atom is 0.323 e. The number of carboxylic acid groups (broad SMARTS) is 1. The molecule has 0 radical (unpaired) electrons. The van der Waals surface area contributed by atoms with Crippen molar-refractivity contribution in [3.05, 3.63) is 0 Å². The van der Waals surface area contributed by atoms with Gasteiger partial charge in [0.25, 0.3) is 0 Å². The van der Waals surface area contributed by atoms with E-state index in [9.17, 15) is 14.0 Å². The maximum absolute atomic E-state index is 12.0. The van der Waals surface area contributed by atoms with Crippen molar-refractivity contribution in [2.45, 2.75) is 20.3 Å². The number of aliphatic carboxylic acids is 1. The summed E-state index contributed by atoms with van der Waals surface area (Å²) in [6.07, 6.45) is -0.360. The van der Waals surface area contributed by atoms with Crippen LogP contribution in [0.15, 0.2) is 0 Å². The molecule has 4 nitrogen and oxygen atoms in total. The Morgan fingerprint density at radius 1 is 1.54 bits per heavy atom. The summed E-state index contributed by atoms with van der Waals surface area (Å²) in [5.41, 5.74) is -1.76. The topological polar surface area (TPSA) is 63.6 Å². The van der Waals surface area contributed by atoms with Crippen molar-refractivity contribution in [2.24, 2.45) is 5.41 Å². The van der Waals surface area contributed by atoms with Crippen LogP contribution in [0.1, 0.15) is 20.3 Å². The van der Waals surface area contributed by atoms with Gasteiger partial charge in [-0.3, -0.25) is 14.0 Å². The molecule has 0 rings (SSSR count). The van der Waals surface area contributed by atoms with Crippen LogP contribution in [0.5, 0.6) is 0 Å². The number of carboxylic acids is 1. The third-order valence-electron chi connectivity index (χ3n) is 1.79. The maximum atomic E-state index is 12.0. The molecule has 0 spiro atoms. The van der Waals surface area contributed by atoms with Gasteiger partial charge < -0.3 is 9.84 Å². The smallest absolute Gasteiger partial charge is 0.323 e. The number of alkyl halides is 1. The Hall–Kier alpha value is -1.13. The molecule has 0 saturated carbocycles. The monoisotopic (exact) mass is 192 g/mol. The zero-order valence-corrected chi connectivity index (χ0v) is 7.67.